The highest BCUT2D eigenvalue weighted by Crippen LogP contribution is 2.31. The topological polar surface area (TPSA) is 166 Å². The summed E-state index contributed by atoms with van der Waals surface area (Å²) in [5.41, 5.74) is 21.5. The Morgan fingerprint density at radius 2 is 1.62 bits per heavy atom. The third-order valence-electron chi connectivity index (χ3n) is 5.66. The zero-order chi connectivity index (χ0) is 26.4. The normalized spacial score (nSPS) is 11.6. The van der Waals surface area contributed by atoms with E-state index in [1.165, 1.54) is 0 Å². The molecule has 10 nitrogen and oxygen atoms in total. The number of benzene rings is 3. The fourth-order valence-corrected chi connectivity index (χ4v) is 4.14. The molecule has 0 amide bonds. The summed E-state index contributed by atoms with van der Waals surface area (Å²) in [4.78, 5) is 10.3. The van der Waals surface area contributed by atoms with Gasteiger partial charge in [-0.25, -0.2) is 4.98 Å². The van der Waals surface area contributed by atoms with Crippen molar-refractivity contribution in [2.75, 3.05) is 42.4 Å². The molecule has 0 bridgehead atoms. The Morgan fingerprint density at radius 3 is 2.24 bits per heavy atom. The minimum absolute atomic E-state index is 0.126. The number of nitrogens with two attached hydrogens (primary N) is 3. The van der Waals surface area contributed by atoms with E-state index in [4.69, 9.17) is 26.7 Å². The summed E-state index contributed by atoms with van der Waals surface area (Å²) in [6.45, 7) is 0.780. The Bertz CT molecular complexity index is 1380. The van der Waals surface area contributed by atoms with Gasteiger partial charge in [-0.1, -0.05) is 6.07 Å². The molecule has 11 heteroatoms. The molecule has 6 N–H and O–H groups in total. The third-order valence-corrected chi connectivity index (χ3v) is 6.31. The van der Waals surface area contributed by atoms with Crippen molar-refractivity contribution < 1.29 is 18.2 Å². The molecule has 37 heavy (non-hydrogen) atoms. The fraction of sp³-hybridized carbons (Fsp3) is 0.154. The van der Waals surface area contributed by atoms with E-state index < -0.39 is 11.1 Å². The molecule has 0 aliphatic carbocycles. The highest BCUT2D eigenvalue weighted by molar-refractivity contribution is 7.79. The zero-order valence-electron chi connectivity index (χ0n) is 20.2. The maximum atomic E-state index is 11.3. The van der Waals surface area contributed by atoms with Crippen LogP contribution in [0.25, 0.3) is 0 Å². The molecule has 3 aromatic carbocycles. The maximum Gasteiger partial charge on any atom is 0.221 e. The van der Waals surface area contributed by atoms with Gasteiger partial charge in [0.2, 0.25) is 5.95 Å². The van der Waals surface area contributed by atoms with E-state index in [-0.39, 0.29) is 10.8 Å². The number of ether oxygens (including phenoxy) is 2. The molecule has 0 saturated carbocycles. The minimum Gasteiger partial charge on any atom is -0.768 e. The second-order valence-electron chi connectivity index (χ2n) is 8.12. The van der Waals surface area contributed by atoms with Crippen molar-refractivity contribution in [3.63, 3.8) is 0 Å². The van der Waals surface area contributed by atoms with Crippen LogP contribution in [0.4, 0.5) is 28.8 Å². The Balaban J connectivity index is 1.53. The molecule has 192 valence electrons. The van der Waals surface area contributed by atoms with Crippen LogP contribution in [0.5, 0.6) is 11.5 Å². The first-order valence-corrected chi connectivity index (χ1v) is 12.4. The number of nitrogen functional groups attached to an aromatic ring is 3. The van der Waals surface area contributed by atoms with Gasteiger partial charge in [-0.2, -0.15) is 4.98 Å². The first-order chi connectivity index (χ1) is 17.8. The van der Waals surface area contributed by atoms with Crippen molar-refractivity contribution in [1.82, 2.24) is 9.97 Å². The van der Waals surface area contributed by atoms with Crippen molar-refractivity contribution in [2.24, 2.45) is 0 Å². The molecule has 0 radical (unpaired) electrons. The van der Waals surface area contributed by atoms with Crippen LogP contribution >= 0.6 is 0 Å². The zero-order valence-corrected chi connectivity index (χ0v) is 21.0. The van der Waals surface area contributed by atoms with Gasteiger partial charge in [-0.3, -0.25) is 4.21 Å². The molecule has 0 aliphatic rings. The molecule has 4 rings (SSSR count). The first kappa shape index (κ1) is 25.7. The lowest BCUT2D eigenvalue weighted by atomic mass is 10.1. The minimum atomic E-state index is -2.30. The largest absolute Gasteiger partial charge is 0.768 e. The summed E-state index contributed by atoms with van der Waals surface area (Å²) in [5.74, 6) is 1.62. The smallest absolute Gasteiger partial charge is 0.221 e. The lowest BCUT2D eigenvalue weighted by molar-refractivity contribution is 0.302. The fourth-order valence-electron chi connectivity index (χ4n) is 3.78. The molecule has 0 aliphatic heterocycles. The number of aromatic nitrogens is 2. The number of nitrogens with zero attached hydrogens (tertiary/aromatic N) is 3. The summed E-state index contributed by atoms with van der Waals surface area (Å²) >= 11 is -2.30. The molecule has 1 aromatic heterocycles. The van der Waals surface area contributed by atoms with Crippen molar-refractivity contribution in [3.8, 4) is 11.5 Å². The summed E-state index contributed by atoms with van der Waals surface area (Å²) in [6, 6.07) is 19.7. The average Bonchev–Trinajstić information content (AvgIpc) is 2.89. The number of hydrogen-bond donors (Lipinski definition) is 3. The van der Waals surface area contributed by atoms with Gasteiger partial charge in [0, 0.05) is 40.1 Å². The monoisotopic (exact) mass is 519 g/mol. The Kier molecular flexibility index (Phi) is 8.06. The van der Waals surface area contributed by atoms with Gasteiger partial charge in [0.05, 0.1) is 13.7 Å². The predicted octanol–water partition coefficient (Wildman–Crippen LogP) is 3.28. The van der Waals surface area contributed by atoms with Crippen LogP contribution in [-0.4, -0.2) is 39.0 Å². The maximum absolute atomic E-state index is 11.3. The van der Waals surface area contributed by atoms with Crippen molar-refractivity contribution in [3.05, 3.63) is 84.1 Å². The third kappa shape index (κ3) is 6.46. The van der Waals surface area contributed by atoms with E-state index in [0.29, 0.717) is 42.6 Å². The van der Waals surface area contributed by atoms with Crippen LogP contribution in [0.3, 0.4) is 0 Å². The lowest BCUT2D eigenvalue weighted by Crippen LogP contribution is -2.23. The van der Waals surface area contributed by atoms with Gasteiger partial charge >= 0.3 is 0 Å². The molecular weight excluding hydrogens is 492 g/mol. The quantitative estimate of drug-likeness (QED) is 0.209. The van der Waals surface area contributed by atoms with Crippen LogP contribution < -0.4 is 31.6 Å². The Hall–Kier alpha value is -4.35. The van der Waals surface area contributed by atoms with E-state index in [1.807, 2.05) is 47.4 Å². The molecule has 1 heterocycles. The first-order valence-electron chi connectivity index (χ1n) is 11.3. The molecule has 1 atom stereocenters. The Morgan fingerprint density at radius 1 is 0.946 bits per heavy atom. The number of methoxy groups -OCH3 is 1. The predicted molar refractivity (Wildman–Crippen MR) is 144 cm³/mol. The number of rotatable bonds is 10. The van der Waals surface area contributed by atoms with Crippen LogP contribution in [-0.2, 0) is 17.5 Å². The molecule has 0 spiro atoms. The van der Waals surface area contributed by atoms with Crippen LogP contribution in [0.1, 0.15) is 11.1 Å². The van der Waals surface area contributed by atoms with Gasteiger partial charge in [-0.15, -0.1) is 0 Å². The standard InChI is InChI=1S/C26H28N6O4S/c1-35-23-11-2-17(14-18-16-30-26(29)31-25(18)28)15-24(23)36-13-12-32(20-5-3-19(27)4-6-20)21-7-9-22(10-8-21)37(33)34/h2-11,15-16H,12-14,27H2,1H3,(H,33,34)(H4,28,29,30,31)/p-1. The summed E-state index contributed by atoms with van der Waals surface area (Å²) in [6.07, 6.45) is 2.11. The van der Waals surface area contributed by atoms with Crippen LogP contribution in [0.15, 0.2) is 77.8 Å². The highest BCUT2D eigenvalue weighted by Gasteiger charge is 2.13. The summed E-state index contributed by atoms with van der Waals surface area (Å²) in [7, 11) is 1.58. The molecular formula is C26H27N6O4S-. The second kappa shape index (κ2) is 11.6. The van der Waals surface area contributed by atoms with Crippen molar-refractivity contribution >= 4 is 39.9 Å². The average molecular weight is 520 g/mol. The summed E-state index contributed by atoms with van der Waals surface area (Å²) < 4.78 is 34.2. The van der Waals surface area contributed by atoms with E-state index in [9.17, 15) is 8.76 Å². The SMILES string of the molecule is COc1ccc(Cc2cnc(N)nc2N)cc1OCCN(c1ccc(N)cc1)c1ccc(S(=O)[O-])cc1. The Labute approximate surface area is 217 Å². The lowest BCUT2D eigenvalue weighted by Gasteiger charge is -2.26. The molecule has 4 aromatic rings. The molecule has 0 saturated heterocycles. The van der Waals surface area contributed by atoms with Crippen LogP contribution in [0.2, 0.25) is 0 Å². The highest BCUT2D eigenvalue weighted by atomic mass is 32.2. The summed E-state index contributed by atoms with van der Waals surface area (Å²) in [5, 5.41) is 0. The van der Waals surface area contributed by atoms with E-state index in [2.05, 4.69) is 9.97 Å². The van der Waals surface area contributed by atoms with Gasteiger partial charge in [-0.05, 0) is 77.3 Å². The van der Waals surface area contributed by atoms with Crippen LogP contribution in [0, 0.1) is 0 Å². The van der Waals surface area contributed by atoms with Gasteiger partial charge in [0.15, 0.2) is 11.5 Å². The number of hydrogen-bond acceptors (Lipinski definition) is 10. The molecule has 1 unspecified atom stereocenters. The number of anilines is 5. The van der Waals surface area contributed by atoms with Gasteiger partial charge < -0.3 is 36.1 Å². The van der Waals surface area contributed by atoms with Gasteiger partial charge in [0.25, 0.3) is 0 Å². The van der Waals surface area contributed by atoms with Crippen molar-refractivity contribution in [2.45, 2.75) is 11.3 Å². The van der Waals surface area contributed by atoms with Gasteiger partial charge in [0.1, 0.15) is 12.4 Å². The van der Waals surface area contributed by atoms with E-state index >= 15 is 0 Å². The molecule has 0 fully saturated rings. The second-order valence-corrected chi connectivity index (χ2v) is 9.06. The van der Waals surface area contributed by atoms with Crippen molar-refractivity contribution in [1.29, 1.82) is 0 Å². The van der Waals surface area contributed by atoms with E-state index in [1.54, 1.807) is 37.6 Å². The van der Waals surface area contributed by atoms with E-state index in [0.717, 1.165) is 22.5 Å².